The van der Waals surface area contributed by atoms with Crippen molar-refractivity contribution < 1.29 is 17.6 Å². The van der Waals surface area contributed by atoms with E-state index in [1.165, 1.54) is 18.2 Å². The first kappa shape index (κ1) is 26.0. The van der Waals surface area contributed by atoms with Crippen LogP contribution in [0.1, 0.15) is 24.0 Å². The van der Waals surface area contributed by atoms with Crippen LogP contribution < -0.4 is 15.8 Å². The topological polar surface area (TPSA) is 27.3 Å². The molecule has 9 heteroatoms. The van der Waals surface area contributed by atoms with Crippen LogP contribution in [0.4, 0.5) is 23.2 Å². The smallest absolute Gasteiger partial charge is 0.279 e. The normalized spacial score (nSPS) is 14.1. The summed E-state index contributed by atoms with van der Waals surface area (Å²) in [5, 5.41) is -0.0226. The lowest BCUT2D eigenvalue weighted by Gasteiger charge is -2.34. The lowest BCUT2D eigenvalue weighted by molar-refractivity contribution is 0.179. The first-order valence-corrected chi connectivity index (χ1v) is 12.2. The van der Waals surface area contributed by atoms with Crippen LogP contribution in [0.2, 0.25) is 5.02 Å². The molecule has 0 unspecified atom stereocenters. The zero-order chi connectivity index (χ0) is 24.8. The maximum Gasteiger partial charge on any atom is 0.279 e. The van der Waals surface area contributed by atoms with Gasteiger partial charge in [0.2, 0.25) is 0 Å². The fourth-order valence-electron chi connectivity index (χ4n) is 3.58. The highest BCUT2D eigenvalue weighted by molar-refractivity contribution is 7.99. The summed E-state index contributed by atoms with van der Waals surface area (Å²) < 4.78 is 54.0. The van der Waals surface area contributed by atoms with Crippen LogP contribution in [0.3, 0.4) is 0 Å². The van der Waals surface area contributed by atoms with Crippen molar-refractivity contribution in [3.05, 3.63) is 95.3 Å². The highest BCUT2D eigenvalue weighted by atomic mass is 35.5. The Balaban J connectivity index is 1.82. The summed E-state index contributed by atoms with van der Waals surface area (Å²) in [5.41, 5.74) is 6.65. The number of rotatable bonds is 10. The molecule has 0 aliphatic carbocycles. The van der Waals surface area contributed by atoms with Crippen LogP contribution in [0.15, 0.2) is 67.5 Å². The van der Waals surface area contributed by atoms with Crippen LogP contribution in [-0.2, 0) is 6.54 Å². The molecule has 1 saturated heterocycles. The molecular formula is C25H26ClF4N3S. The van der Waals surface area contributed by atoms with Crippen molar-refractivity contribution in [2.45, 2.75) is 25.8 Å². The molecule has 1 fully saturated rings. The molecule has 2 aromatic carbocycles. The summed E-state index contributed by atoms with van der Waals surface area (Å²) in [7, 11) is 0. The number of hydrogen-bond donors (Lipinski definition) is 2. The standard InChI is InChI=1S/C25H26ClF4N3S/c1-15(31-32-16(2)25(29)30)19-4-5-20(24(28)12-19)14-33(17(3)18-8-10-34-11-9-18)21-6-7-23(27)22(26)13-21/h4-7,12-13,18,25,31-32H,1-3,8-11,14H2. The highest BCUT2D eigenvalue weighted by Gasteiger charge is 2.24. The second-order valence-electron chi connectivity index (χ2n) is 7.92. The molecule has 0 atom stereocenters. The molecule has 1 heterocycles. The number of nitrogens with zero attached hydrogens (tertiary/aromatic N) is 1. The second-order valence-corrected chi connectivity index (χ2v) is 9.56. The number of hydrogen-bond acceptors (Lipinski definition) is 4. The molecule has 34 heavy (non-hydrogen) atoms. The molecule has 1 aliphatic heterocycles. The van der Waals surface area contributed by atoms with Gasteiger partial charge >= 0.3 is 0 Å². The highest BCUT2D eigenvalue weighted by Crippen LogP contribution is 2.35. The van der Waals surface area contributed by atoms with Gasteiger partial charge in [0.05, 0.1) is 23.0 Å². The van der Waals surface area contributed by atoms with Crippen molar-refractivity contribution in [1.82, 2.24) is 10.9 Å². The monoisotopic (exact) mass is 511 g/mol. The van der Waals surface area contributed by atoms with Crippen LogP contribution in [0.5, 0.6) is 0 Å². The Kier molecular flexibility index (Phi) is 8.97. The van der Waals surface area contributed by atoms with Gasteiger partial charge < -0.3 is 10.3 Å². The van der Waals surface area contributed by atoms with E-state index in [0.717, 1.165) is 30.0 Å². The Morgan fingerprint density at radius 2 is 1.74 bits per heavy atom. The Labute approximate surface area is 206 Å². The number of alkyl halides is 2. The van der Waals surface area contributed by atoms with Gasteiger partial charge in [-0.2, -0.15) is 11.8 Å². The van der Waals surface area contributed by atoms with Gasteiger partial charge in [-0.25, -0.2) is 17.6 Å². The van der Waals surface area contributed by atoms with Crippen molar-refractivity contribution >= 4 is 34.7 Å². The molecule has 2 aromatic rings. The van der Waals surface area contributed by atoms with Gasteiger partial charge in [-0.1, -0.05) is 43.5 Å². The van der Waals surface area contributed by atoms with E-state index in [1.807, 2.05) is 16.7 Å². The minimum absolute atomic E-state index is 0.0226. The quantitative estimate of drug-likeness (QED) is 0.262. The molecule has 3 rings (SSSR count). The molecule has 0 aromatic heterocycles. The number of nitrogens with one attached hydrogen (secondary N) is 2. The summed E-state index contributed by atoms with van der Waals surface area (Å²) in [6.07, 6.45) is -0.835. The van der Waals surface area contributed by atoms with Crippen molar-refractivity contribution in [2.75, 3.05) is 16.4 Å². The van der Waals surface area contributed by atoms with Gasteiger partial charge in [0.25, 0.3) is 6.43 Å². The molecule has 1 aliphatic rings. The molecule has 3 nitrogen and oxygen atoms in total. The Morgan fingerprint density at radius 3 is 2.35 bits per heavy atom. The zero-order valence-electron chi connectivity index (χ0n) is 18.5. The SMILES string of the molecule is C=C(NNC(=C)C(F)F)c1ccc(CN(C(=C)C2CCSCC2)c2ccc(F)c(Cl)c2)c(F)c1. The van der Waals surface area contributed by atoms with Crippen molar-refractivity contribution in [3.8, 4) is 0 Å². The first-order valence-electron chi connectivity index (χ1n) is 10.6. The molecule has 0 radical (unpaired) electrons. The third-order valence-electron chi connectivity index (χ3n) is 5.62. The lowest BCUT2D eigenvalue weighted by Crippen LogP contribution is -2.31. The number of benzene rings is 2. The van der Waals surface area contributed by atoms with Crippen LogP contribution >= 0.6 is 23.4 Å². The summed E-state index contributed by atoms with van der Waals surface area (Å²) in [6.45, 7) is 11.4. The van der Waals surface area contributed by atoms with Gasteiger partial charge in [0.15, 0.2) is 0 Å². The van der Waals surface area contributed by atoms with E-state index >= 15 is 4.39 Å². The van der Waals surface area contributed by atoms with E-state index in [9.17, 15) is 13.2 Å². The zero-order valence-corrected chi connectivity index (χ0v) is 20.1. The number of halogens is 5. The van der Waals surface area contributed by atoms with Crippen molar-refractivity contribution in [3.63, 3.8) is 0 Å². The van der Waals surface area contributed by atoms with Gasteiger partial charge in [-0.05, 0) is 48.6 Å². The Hall–Kier alpha value is -2.58. The maximum atomic E-state index is 15.1. The molecule has 0 saturated carbocycles. The Morgan fingerprint density at radius 1 is 1.03 bits per heavy atom. The van der Waals surface area contributed by atoms with E-state index in [2.05, 4.69) is 30.6 Å². The molecule has 0 amide bonds. The molecule has 2 N–H and O–H groups in total. The number of anilines is 1. The van der Waals surface area contributed by atoms with Crippen molar-refractivity contribution in [2.24, 2.45) is 5.92 Å². The average Bonchev–Trinajstić information content (AvgIpc) is 2.83. The minimum atomic E-state index is -2.75. The van der Waals surface area contributed by atoms with Gasteiger partial charge in [-0.15, -0.1) is 0 Å². The van der Waals surface area contributed by atoms with E-state index in [4.69, 9.17) is 11.6 Å². The van der Waals surface area contributed by atoms with Gasteiger partial charge in [0.1, 0.15) is 11.6 Å². The van der Waals surface area contributed by atoms with Crippen molar-refractivity contribution in [1.29, 1.82) is 0 Å². The van der Waals surface area contributed by atoms with E-state index < -0.39 is 23.8 Å². The van der Waals surface area contributed by atoms with Gasteiger partial charge in [0, 0.05) is 28.4 Å². The molecule has 0 bridgehead atoms. The summed E-state index contributed by atoms with van der Waals surface area (Å²) in [4.78, 5) is 1.87. The third kappa shape index (κ3) is 6.51. The summed E-state index contributed by atoms with van der Waals surface area (Å²) >= 11 is 7.91. The second kappa shape index (κ2) is 11.7. The van der Waals surface area contributed by atoms with Crippen LogP contribution in [-0.4, -0.2) is 17.9 Å². The maximum absolute atomic E-state index is 15.1. The fraction of sp³-hybridized carbons (Fsp3) is 0.280. The number of hydrazine groups is 1. The van der Waals surface area contributed by atoms with E-state index in [0.29, 0.717) is 16.8 Å². The predicted molar refractivity (Wildman–Crippen MR) is 134 cm³/mol. The average molecular weight is 512 g/mol. The fourth-order valence-corrected chi connectivity index (χ4v) is 4.86. The Bertz CT molecular complexity index is 1070. The largest absolute Gasteiger partial charge is 0.341 e. The van der Waals surface area contributed by atoms with E-state index in [1.54, 1.807) is 18.2 Å². The molecular weight excluding hydrogens is 486 g/mol. The molecule has 182 valence electrons. The summed E-state index contributed by atoms with van der Waals surface area (Å²) in [5.74, 6) is 1.23. The number of thioether (sulfide) groups is 1. The van der Waals surface area contributed by atoms with Gasteiger partial charge in [-0.3, -0.25) is 5.43 Å². The minimum Gasteiger partial charge on any atom is -0.341 e. The van der Waals surface area contributed by atoms with Crippen LogP contribution in [0, 0.1) is 17.6 Å². The first-order chi connectivity index (χ1) is 16.2. The molecule has 0 spiro atoms. The lowest BCUT2D eigenvalue weighted by atomic mass is 9.97. The third-order valence-corrected chi connectivity index (χ3v) is 6.96. The van der Waals surface area contributed by atoms with E-state index in [-0.39, 0.29) is 23.2 Å². The predicted octanol–water partition coefficient (Wildman–Crippen LogP) is 7.13. The number of allylic oxidation sites excluding steroid dienone is 2. The summed E-state index contributed by atoms with van der Waals surface area (Å²) in [6, 6.07) is 8.90. The van der Waals surface area contributed by atoms with Crippen LogP contribution in [0.25, 0.3) is 5.70 Å².